The number of benzene rings is 1. The summed E-state index contributed by atoms with van der Waals surface area (Å²) in [5.74, 6) is 6.30. The molecule has 2 aromatic rings. The van der Waals surface area contributed by atoms with Crippen molar-refractivity contribution in [3.05, 3.63) is 46.0 Å². The molecule has 1 unspecified atom stereocenters. The molecule has 108 valence electrons. The number of nitrogens with two attached hydrogens (primary N) is 1. The average Bonchev–Trinajstić information content (AvgIpc) is 2.89. The predicted octanol–water partition coefficient (Wildman–Crippen LogP) is 3.17. The molecule has 1 atom stereocenters. The van der Waals surface area contributed by atoms with Crippen molar-refractivity contribution in [2.45, 2.75) is 45.6 Å². The molecule has 0 aliphatic carbocycles. The molecule has 1 aromatic carbocycles. The first kappa shape index (κ1) is 15.1. The Morgan fingerprint density at radius 2 is 1.85 bits per heavy atom. The zero-order valence-corrected chi connectivity index (χ0v) is 13.1. The van der Waals surface area contributed by atoms with Gasteiger partial charge in [0.2, 0.25) is 0 Å². The summed E-state index contributed by atoms with van der Waals surface area (Å²) < 4.78 is 4.08. The van der Waals surface area contributed by atoms with E-state index in [0.717, 1.165) is 29.0 Å². The molecule has 3 N–H and O–H groups in total. The first-order valence-corrected chi connectivity index (χ1v) is 7.81. The standard InChI is InChI=1S/C15H22N4S/c1-4-5-13-15(20-19-18-13)14(17-16)12-8-6-11(7-9-12)10(2)3/h6-10,14,17H,4-5,16H2,1-3H3. The Balaban J connectivity index is 2.29. The van der Waals surface area contributed by atoms with Gasteiger partial charge in [-0.25, -0.2) is 5.43 Å². The summed E-state index contributed by atoms with van der Waals surface area (Å²) in [4.78, 5) is 1.12. The number of nitrogens with one attached hydrogen (secondary N) is 1. The van der Waals surface area contributed by atoms with Crippen molar-refractivity contribution in [3.63, 3.8) is 0 Å². The molecule has 0 fully saturated rings. The fraction of sp³-hybridized carbons (Fsp3) is 0.467. The molecule has 0 saturated heterocycles. The second-order valence-electron chi connectivity index (χ2n) is 5.25. The van der Waals surface area contributed by atoms with E-state index in [0.29, 0.717) is 5.92 Å². The van der Waals surface area contributed by atoms with E-state index in [-0.39, 0.29) is 6.04 Å². The number of hydrazine groups is 1. The van der Waals surface area contributed by atoms with Crippen LogP contribution in [0.4, 0.5) is 0 Å². The van der Waals surface area contributed by atoms with Crippen LogP contribution < -0.4 is 11.3 Å². The third-order valence-corrected chi connectivity index (χ3v) is 4.27. The second-order valence-corrected chi connectivity index (χ2v) is 6.04. The smallest absolute Gasteiger partial charge is 0.0837 e. The molecular weight excluding hydrogens is 268 g/mol. The summed E-state index contributed by atoms with van der Waals surface area (Å²) >= 11 is 1.42. The molecule has 0 aliphatic heterocycles. The van der Waals surface area contributed by atoms with Crippen molar-refractivity contribution >= 4 is 11.5 Å². The molecule has 1 aromatic heterocycles. The van der Waals surface area contributed by atoms with Crippen LogP contribution in [-0.2, 0) is 6.42 Å². The number of rotatable bonds is 6. The lowest BCUT2D eigenvalue weighted by Crippen LogP contribution is -2.29. The van der Waals surface area contributed by atoms with E-state index in [2.05, 4.69) is 60.0 Å². The maximum Gasteiger partial charge on any atom is 0.0837 e. The van der Waals surface area contributed by atoms with Crippen molar-refractivity contribution < 1.29 is 0 Å². The van der Waals surface area contributed by atoms with E-state index in [1.54, 1.807) is 0 Å². The number of hydrogen-bond acceptors (Lipinski definition) is 5. The molecule has 20 heavy (non-hydrogen) atoms. The highest BCUT2D eigenvalue weighted by molar-refractivity contribution is 7.05. The first-order chi connectivity index (χ1) is 9.67. The fourth-order valence-corrected chi connectivity index (χ4v) is 3.03. The Hall–Kier alpha value is -1.30. The summed E-state index contributed by atoms with van der Waals surface area (Å²) in [6.07, 6.45) is 2.00. The monoisotopic (exact) mass is 290 g/mol. The van der Waals surface area contributed by atoms with Gasteiger partial charge in [0.25, 0.3) is 0 Å². The highest BCUT2D eigenvalue weighted by atomic mass is 32.1. The molecule has 0 spiro atoms. The molecular formula is C15H22N4S. The molecule has 5 heteroatoms. The zero-order valence-electron chi connectivity index (χ0n) is 12.3. The third-order valence-electron chi connectivity index (χ3n) is 3.44. The summed E-state index contributed by atoms with van der Waals surface area (Å²) in [5, 5.41) is 4.22. The molecule has 0 bridgehead atoms. The average molecular weight is 290 g/mol. The van der Waals surface area contributed by atoms with E-state index < -0.39 is 0 Å². The van der Waals surface area contributed by atoms with Crippen LogP contribution in [0.25, 0.3) is 0 Å². The van der Waals surface area contributed by atoms with Crippen molar-refractivity contribution in [1.29, 1.82) is 0 Å². The van der Waals surface area contributed by atoms with Gasteiger partial charge in [0.05, 0.1) is 16.6 Å². The van der Waals surface area contributed by atoms with Crippen LogP contribution in [0.3, 0.4) is 0 Å². The maximum absolute atomic E-state index is 5.76. The van der Waals surface area contributed by atoms with E-state index in [1.165, 1.54) is 17.1 Å². The Bertz CT molecular complexity index is 533. The molecule has 1 heterocycles. The molecule has 4 nitrogen and oxygen atoms in total. The highest BCUT2D eigenvalue weighted by Crippen LogP contribution is 2.28. The minimum absolute atomic E-state index is 0.0298. The molecule has 0 radical (unpaired) electrons. The largest absolute Gasteiger partial charge is 0.271 e. The molecule has 0 aliphatic rings. The predicted molar refractivity (Wildman–Crippen MR) is 83.6 cm³/mol. The third kappa shape index (κ3) is 3.23. The van der Waals surface area contributed by atoms with Crippen molar-refractivity contribution in [2.75, 3.05) is 0 Å². The second kappa shape index (κ2) is 6.92. The molecule has 2 rings (SSSR count). The van der Waals surface area contributed by atoms with Gasteiger partial charge < -0.3 is 0 Å². The van der Waals surface area contributed by atoms with Crippen LogP contribution in [0, 0.1) is 0 Å². The van der Waals surface area contributed by atoms with Gasteiger partial charge in [-0.1, -0.05) is 55.9 Å². The van der Waals surface area contributed by atoms with Crippen molar-refractivity contribution in [3.8, 4) is 0 Å². The number of aryl methyl sites for hydroxylation is 1. The Morgan fingerprint density at radius 1 is 1.20 bits per heavy atom. The van der Waals surface area contributed by atoms with Gasteiger partial charge >= 0.3 is 0 Å². The Labute approximate surface area is 124 Å². The van der Waals surface area contributed by atoms with Crippen LogP contribution in [-0.4, -0.2) is 9.59 Å². The lowest BCUT2D eigenvalue weighted by molar-refractivity contribution is 0.636. The van der Waals surface area contributed by atoms with E-state index in [9.17, 15) is 0 Å². The van der Waals surface area contributed by atoms with Gasteiger partial charge in [-0.2, -0.15) is 0 Å². The summed E-state index contributed by atoms with van der Waals surface area (Å²) in [6, 6.07) is 8.57. The number of hydrogen-bond donors (Lipinski definition) is 2. The van der Waals surface area contributed by atoms with Gasteiger partial charge in [-0.15, -0.1) is 5.10 Å². The minimum atomic E-state index is -0.0298. The molecule has 0 amide bonds. The van der Waals surface area contributed by atoms with Crippen molar-refractivity contribution in [2.24, 2.45) is 5.84 Å². The van der Waals surface area contributed by atoms with Crippen LogP contribution >= 0.6 is 11.5 Å². The Morgan fingerprint density at radius 3 is 2.40 bits per heavy atom. The summed E-state index contributed by atoms with van der Waals surface area (Å²) in [6.45, 7) is 6.53. The lowest BCUT2D eigenvalue weighted by Gasteiger charge is -2.16. The highest BCUT2D eigenvalue weighted by Gasteiger charge is 2.19. The number of nitrogens with zero attached hydrogens (tertiary/aromatic N) is 2. The first-order valence-electron chi connectivity index (χ1n) is 7.04. The van der Waals surface area contributed by atoms with Crippen LogP contribution in [0.5, 0.6) is 0 Å². The normalized spacial score (nSPS) is 12.8. The van der Waals surface area contributed by atoms with E-state index >= 15 is 0 Å². The van der Waals surface area contributed by atoms with Gasteiger partial charge in [0, 0.05) is 0 Å². The maximum atomic E-state index is 5.76. The van der Waals surface area contributed by atoms with E-state index in [1.807, 2.05) is 0 Å². The van der Waals surface area contributed by atoms with Crippen LogP contribution in [0.1, 0.15) is 60.8 Å². The number of aromatic nitrogens is 2. The Kier molecular flexibility index (Phi) is 5.23. The van der Waals surface area contributed by atoms with Gasteiger partial charge in [0.1, 0.15) is 0 Å². The van der Waals surface area contributed by atoms with E-state index in [4.69, 9.17) is 5.84 Å². The molecule has 0 saturated carbocycles. The quantitative estimate of drug-likeness (QED) is 0.633. The van der Waals surface area contributed by atoms with Gasteiger partial charge in [-0.05, 0) is 35.0 Å². The van der Waals surface area contributed by atoms with Crippen LogP contribution in [0.2, 0.25) is 0 Å². The van der Waals surface area contributed by atoms with Gasteiger partial charge in [0.15, 0.2) is 0 Å². The fourth-order valence-electron chi connectivity index (χ4n) is 2.24. The summed E-state index contributed by atoms with van der Waals surface area (Å²) in [5.41, 5.74) is 6.44. The van der Waals surface area contributed by atoms with Crippen molar-refractivity contribution in [1.82, 2.24) is 15.0 Å². The summed E-state index contributed by atoms with van der Waals surface area (Å²) in [7, 11) is 0. The SMILES string of the molecule is CCCc1nnsc1C(NN)c1ccc(C(C)C)cc1. The van der Waals surface area contributed by atoms with Crippen LogP contribution in [0.15, 0.2) is 24.3 Å². The van der Waals surface area contributed by atoms with Gasteiger partial charge in [-0.3, -0.25) is 5.84 Å². The topological polar surface area (TPSA) is 63.8 Å². The minimum Gasteiger partial charge on any atom is -0.271 e. The zero-order chi connectivity index (χ0) is 14.5. The lowest BCUT2D eigenvalue weighted by atomic mass is 9.98.